The Hall–Kier alpha value is -1.53. The highest BCUT2D eigenvalue weighted by Gasteiger charge is 2.08. The molecule has 5 nitrogen and oxygen atoms in total. The zero-order chi connectivity index (χ0) is 13.5. The zero-order valence-electron chi connectivity index (χ0n) is 10.00. The molecule has 0 spiro atoms. The van der Waals surface area contributed by atoms with Gasteiger partial charge in [0.25, 0.3) is 0 Å². The Balaban J connectivity index is 2.45. The van der Waals surface area contributed by atoms with Gasteiger partial charge < -0.3 is 14.9 Å². The number of esters is 1. The maximum absolute atomic E-state index is 13.5. The van der Waals surface area contributed by atoms with Crippen molar-refractivity contribution in [2.24, 2.45) is 0 Å². The van der Waals surface area contributed by atoms with Crippen LogP contribution in [-0.4, -0.2) is 25.2 Å². The van der Waals surface area contributed by atoms with E-state index in [0.29, 0.717) is 5.75 Å². The molecule has 1 rings (SSSR count). The molecule has 0 fully saturated rings. The number of hydrazine groups is 1. The van der Waals surface area contributed by atoms with Crippen LogP contribution in [0.3, 0.4) is 0 Å². The molecule has 1 aromatic carbocycles. The Morgan fingerprint density at radius 2 is 2.28 bits per heavy atom. The van der Waals surface area contributed by atoms with Gasteiger partial charge in [0.15, 0.2) is 5.82 Å². The molecule has 18 heavy (non-hydrogen) atoms. The molecule has 0 amide bonds. The van der Waals surface area contributed by atoms with Gasteiger partial charge in [-0.2, -0.15) is 0 Å². The third-order valence-electron chi connectivity index (χ3n) is 1.97. The van der Waals surface area contributed by atoms with Crippen LogP contribution in [0.2, 0.25) is 0 Å². The van der Waals surface area contributed by atoms with Gasteiger partial charge in [-0.3, -0.25) is 4.79 Å². The molecule has 0 heterocycles. The summed E-state index contributed by atoms with van der Waals surface area (Å²) in [6, 6.07) is 4.33. The molecule has 1 aromatic rings. The first-order chi connectivity index (χ1) is 8.52. The van der Waals surface area contributed by atoms with Crippen LogP contribution in [0.25, 0.3) is 0 Å². The van der Waals surface area contributed by atoms with Crippen molar-refractivity contribution in [1.29, 1.82) is 0 Å². The smallest absolute Gasteiger partial charge is 0.302 e. The van der Waals surface area contributed by atoms with Crippen LogP contribution in [-0.2, 0) is 9.53 Å². The number of anilines is 1. The van der Waals surface area contributed by atoms with E-state index in [4.69, 9.17) is 16.3 Å². The summed E-state index contributed by atoms with van der Waals surface area (Å²) in [4.78, 5) is 10.5. The number of carbonyl (C=O) groups is 1. The van der Waals surface area contributed by atoms with Crippen LogP contribution in [0.4, 0.5) is 10.1 Å². The molecule has 0 aliphatic carbocycles. The van der Waals surface area contributed by atoms with Crippen molar-refractivity contribution in [1.82, 2.24) is 5.43 Å². The fourth-order valence-electron chi connectivity index (χ4n) is 1.11. The van der Waals surface area contributed by atoms with Crippen molar-refractivity contribution in [2.75, 3.05) is 19.1 Å². The lowest BCUT2D eigenvalue weighted by molar-refractivity contribution is -0.141. The van der Waals surface area contributed by atoms with E-state index >= 15 is 0 Å². The van der Waals surface area contributed by atoms with E-state index in [9.17, 15) is 9.18 Å². The lowest BCUT2D eigenvalue weighted by Crippen LogP contribution is -2.34. The van der Waals surface area contributed by atoms with Gasteiger partial charge in [-0.15, -0.1) is 11.6 Å². The fraction of sp³-hybridized carbons (Fsp3) is 0.364. The minimum absolute atomic E-state index is 0.0261. The number of benzene rings is 1. The zero-order valence-corrected chi connectivity index (χ0v) is 10.8. The predicted molar refractivity (Wildman–Crippen MR) is 66.0 cm³/mol. The number of halogens is 2. The quantitative estimate of drug-likeness (QED) is 0.360. The van der Waals surface area contributed by atoms with Gasteiger partial charge in [0.1, 0.15) is 17.9 Å². The molecule has 100 valence electrons. The number of hydrogen-bond donors (Lipinski definition) is 2. The van der Waals surface area contributed by atoms with E-state index in [1.165, 1.54) is 26.2 Å². The molecule has 0 aliphatic heterocycles. The fourth-order valence-corrected chi connectivity index (χ4v) is 1.23. The molecule has 0 saturated heterocycles. The van der Waals surface area contributed by atoms with Gasteiger partial charge >= 0.3 is 5.97 Å². The minimum Gasteiger partial charge on any atom is -0.497 e. The number of methoxy groups -OCH3 is 1. The summed E-state index contributed by atoms with van der Waals surface area (Å²) in [5, 5.41) is 0. The summed E-state index contributed by atoms with van der Waals surface area (Å²) in [6.45, 7) is 1.25. The van der Waals surface area contributed by atoms with Gasteiger partial charge in [0.05, 0.1) is 12.8 Å². The number of ether oxygens (including phenoxy) is 2. The van der Waals surface area contributed by atoms with E-state index in [1.54, 1.807) is 6.07 Å². The average molecular weight is 277 g/mol. The van der Waals surface area contributed by atoms with Gasteiger partial charge in [0, 0.05) is 13.0 Å². The van der Waals surface area contributed by atoms with Crippen LogP contribution in [0.1, 0.15) is 6.92 Å². The molecule has 0 bridgehead atoms. The van der Waals surface area contributed by atoms with E-state index in [2.05, 4.69) is 15.6 Å². The standard InChI is InChI=1S/C11H14ClFN2O3/c1-7(16)18-6-11(12)15-14-10-4-3-8(17-2)5-9(10)13/h3-5,11,14-15H,6H2,1-2H3. The van der Waals surface area contributed by atoms with E-state index in [0.717, 1.165) is 0 Å². The topological polar surface area (TPSA) is 59.6 Å². The average Bonchev–Trinajstić information content (AvgIpc) is 2.34. The van der Waals surface area contributed by atoms with Crippen molar-refractivity contribution in [2.45, 2.75) is 12.4 Å². The Morgan fingerprint density at radius 3 is 2.83 bits per heavy atom. The Bertz CT molecular complexity index is 417. The van der Waals surface area contributed by atoms with E-state index in [1.807, 2.05) is 0 Å². The lowest BCUT2D eigenvalue weighted by Gasteiger charge is -2.14. The normalized spacial score (nSPS) is 11.8. The Morgan fingerprint density at radius 1 is 1.56 bits per heavy atom. The third-order valence-corrected chi connectivity index (χ3v) is 2.21. The second-order valence-corrected chi connectivity index (χ2v) is 3.91. The van der Waals surface area contributed by atoms with Gasteiger partial charge in [-0.05, 0) is 12.1 Å². The molecule has 1 atom stereocenters. The number of alkyl halides is 1. The van der Waals surface area contributed by atoms with Gasteiger partial charge in [-0.25, -0.2) is 9.82 Å². The molecule has 0 saturated carbocycles. The Labute approximate surface area is 109 Å². The molecular weight excluding hydrogens is 263 g/mol. The van der Waals surface area contributed by atoms with Crippen LogP contribution in [0.5, 0.6) is 5.75 Å². The molecule has 0 aromatic heterocycles. The molecule has 0 radical (unpaired) electrons. The lowest BCUT2D eigenvalue weighted by atomic mass is 10.3. The summed E-state index contributed by atoms with van der Waals surface area (Å²) in [5.74, 6) is -0.503. The van der Waals surface area contributed by atoms with Crippen LogP contribution in [0, 0.1) is 5.82 Å². The highest BCUT2D eigenvalue weighted by Crippen LogP contribution is 2.19. The second kappa shape index (κ2) is 7.03. The third kappa shape index (κ3) is 4.77. The Kier molecular flexibility index (Phi) is 5.67. The van der Waals surface area contributed by atoms with Crippen molar-refractivity contribution < 1.29 is 18.7 Å². The highest BCUT2D eigenvalue weighted by atomic mass is 35.5. The largest absolute Gasteiger partial charge is 0.497 e. The second-order valence-electron chi connectivity index (χ2n) is 3.39. The molecular formula is C11H14ClFN2O3. The van der Waals surface area contributed by atoms with E-state index < -0.39 is 17.3 Å². The summed E-state index contributed by atoms with van der Waals surface area (Å²) < 4.78 is 23.0. The van der Waals surface area contributed by atoms with Crippen molar-refractivity contribution >= 4 is 23.3 Å². The monoisotopic (exact) mass is 276 g/mol. The van der Waals surface area contributed by atoms with Gasteiger partial charge in [-0.1, -0.05) is 0 Å². The molecule has 7 heteroatoms. The first-order valence-electron chi connectivity index (χ1n) is 5.15. The SMILES string of the molecule is COc1ccc(NNC(Cl)COC(C)=O)c(F)c1. The highest BCUT2D eigenvalue weighted by molar-refractivity contribution is 6.20. The minimum atomic E-state index is -0.671. The predicted octanol–water partition coefficient (Wildman–Crippen LogP) is 1.88. The van der Waals surface area contributed by atoms with Crippen LogP contribution < -0.4 is 15.6 Å². The van der Waals surface area contributed by atoms with Crippen LogP contribution >= 0.6 is 11.6 Å². The molecule has 0 aliphatic rings. The summed E-state index contributed by atoms with van der Waals surface area (Å²) >= 11 is 5.79. The van der Waals surface area contributed by atoms with E-state index in [-0.39, 0.29) is 12.3 Å². The van der Waals surface area contributed by atoms with Crippen molar-refractivity contribution in [3.8, 4) is 5.75 Å². The summed E-state index contributed by atoms with van der Waals surface area (Å²) in [5.41, 5.74) is 4.72. The van der Waals surface area contributed by atoms with Gasteiger partial charge in [0.2, 0.25) is 0 Å². The van der Waals surface area contributed by atoms with Crippen molar-refractivity contribution in [3.63, 3.8) is 0 Å². The molecule has 1 unspecified atom stereocenters. The molecule has 2 N–H and O–H groups in total. The maximum Gasteiger partial charge on any atom is 0.302 e. The number of hydrogen-bond acceptors (Lipinski definition) is 5. The number of nitrogens with one attached hydrogen (secondary N) is 2. The maximum atomic E-state index is 13.5. The first-order valence-corrected chi connectivity index (χ1v) is 5.59. The number of rotatable bonds is 6. The van der Waals surface area contributed by atoms with Crippen molar-refractivity contribution in [3.05, 3.63) is 24.0 Å². The first kappa shape index (κ1) is 14.5. The van der Waals surface area contributed by atoms with Crippen LogP contribution in [0.15, 0.2) is 18.2 Å². The summed E-state index contributed by atoms with van der Waals surface area (Å²) in [7, 11) is 1.45. The number of carbonyl (C=O) groups excluding carboxylic acids is 1. The summed E-state index contributed by atoms with van der Waals surface area (Å²) in [6.07, 6.45) is 0.